The van der Waals surface area contributed by atoms with Gasteiger partial charge in [0, 0.05) is 18.2 Å². The van der Waals surface area contributed by atoms with Crippen molar-refractivity contribution in [2.75, 3.05) is 20.8 Å². The first-order valence-corrected chi connectivity index (χ1v) is 7.40. The SMILES string of the molecule is CCCC[C@H](CNOCc1ccc(OC)cc1OC)C(=O)O. The number of hydrogen-bond donors (Lipinski definition) is 2. The van der Waals surface area contributed by atoms with E-state index >= 15 is 0 Å². The van der Waals surface area contributed by atoms with Crippen LogP contribution in [0.15, 0.2) is 18.2 Å². The maximum Gasteiger partial charge on any atom is 0.307 e. The first-order valence-electron chi connectivity index (χ1n) is 7.40. The molecule has 22 heavy (non-hydrogen) atoms. The zero-order valence-corrected chi connectivity index (χ0v) is 13.4. The second-order valence-electron chi connectivity index (χ2n) is 4.99. The molecule has 0 fully saturated rings. The Morgan fingerprint density at radius 3 is 2.68 bits per heavy atom. The van der Waals surface area contributed by atoms with Crippen LogP contribution in [0.4, 0.5) is 0 Å². The molecule has 0 unspecified atom stereocenters. The Morgan fingerprint density at radius 2 is 2.09 bits per heavy atom. The van der Waals surface area contributed by atoms with Crippen LogP contribution in [0, 0.1) is 5.92 Å². The number of carboxylic acid groups (broad SMARTS) is 1. The van der Waals surface area contributed by atoms with Gasteiger partial charge in [0.05, 0.1) is 26.7 Å². The number of carbonyl (C=O) groups is 1. The van der Waals surface area contributed by atoms with Gasteiger partial charge in [-0.25, -0.2) is 5.48 Å². The molecule has 0 aromatic heterocycles. The van der Waals surface area contributed by atoms with Crippen LogP contribution in [0.5, 0.6) is 11.5 Å². The van der Waals surface area contributed by atoms with Crippen molar-refractivity contribution in [2.24, 2.45) is 5.92 Å². The van der Waals surface area contributed by atoms with Crippen LogP contribution in [0.1, 0.15) is 31.7 Å². The summed E-state index contributed by atoms with van der Waals surface area (Å²) in [4.78, 5) is 16.5. The predicted octanol–water partition coefficient (Wildman–Crippen LogP) is 2.62. The minimum Gasteiger partial charge on any atom is -0.497 e. The average molecular weight is 311 g/mol. The molecule has 124 valence electrons. The summed E-state index contributed by atoms with van der Waals surface area (Å²) in [7, 11) is 3.17. The van der Waals surface area contributed by atoms with Crippen LogP contribution in [0.2, 0.25) is 0 Å². The highest BCUT2D eigenvalue weighted by atomic mass is 16.6. The molecule has 0 saturated heterocycles. The number of rotatable bonds is 11. The van der Waals surface area contributed by atoms with Gasteiger partial charge in [0.25, 0.3) is 0 Å². The quantitative estimate of drug-likeness (QED) is 0.483. The summed E-state index contributed by atoms with van der Waals surface area (Å²) >= 11 is 0. The third-order valence-corrected chi connectivity index (χ3v) is 3.41. The zero-order chi connectivity index (χ0) is 16.4. The van der Waals surface area contributed by atoms with E-state index in [9.17, 15) is 4.79 Å². The van der Waals surface area contributed by atoms with Gasteiger partial charge in [-0.2, -0.15) is 0 Å². The Labute approximate surface area is 131 Å². The van der Waals surface area contributed by atoms with Gasteiger partial charge in [0.15, 0.2) is 0 Å². The summed E-state index contributed by atoms with van der Waals surface area (Å²) in [5.74, 6) is 0.144. The number of nitrogens with one attached hydrogen (secondary N) is 1. The fourth-order valence-electron chi connectivity index (χ4n) is 2.02. The first kappa shape index (κ1) is 18.3. The number of benzene rings is 1. The van der Waals surface area contributed by atoms with E-state index in [1.54, 1.807) is 20.3 Å². The highest BCUT2D eigenvalue weighted by Crippen LogP contribution is 2.24. The van der Waals surface area contributed by atoms with Gasteiger partial charge in [0.1, 0.15) is 11.5 Å². The van der Waals surface area contributed by atoms with Gasteiger partial charge < -0.3 is 14.6 Å². The Bertz CT molecular complexity index is 464. The van der Waals surface area contributed by atoms with Crippen molar-refractivity contribution in [2.45, 2.75) is 32.8 Å². The van der Waals surface area contributed by atoms with Gasteiger partial charge in [-0.3, -0.25) is 9.63 Å². The molecule has 1 aromatic carbocycles. The molecule has 0 amide bonds. The van der Waals surface area contributed by atoms with Crippen molar-refractivity contribution >= 4 is 5.97 Å². The lowest BCUT2D eigenvalue weighted by atomic mass is 10.0. The van der Waals surface area contributed by atoms with Crippen LogP contribution >= 0.6 is 0 Å². The molecular weight excluding hydrogens is 286 g/mol. The first-order chi connectivity index (χ1) is 10.6. The van der Waals surface area contributed by atoms with E-state index in [1.165, 1.54) is 0 Å². The number of hydroxylamine groups is 1. The summed E-state index contributed by atoms with van der Waals surface area (Å²) in [5, 5.41) is 9.13. The highest BCUT2D eigenvalue weighted by Gasteiger charge is 2.16. The molecule has 0 bridgehead atoms. The van der Waals surface area contributed by atoms with E-state index in [0.29, 0.717) is 17.9 Å². The van der Waals surface area contributed by atoms with Crippen LogP contribution in [-0.2, 0) is 16.2 Å². The van der Waals surface area contributed by atoms with Gasteiger partial charge in [-0.15, -0.1) is 0 Å². The number of hydrogen-bond acceptors (Lipinski definition) is 5. The van der Waals surface area contributed by atoms with Crippen molar-refractivity contribution in [3.05, 3.63) is 23.8 Å². The largest absolute Gasteiger partial charge is 0.497 e. The molecule has 6 heteroatoms. The van der Waals surface area contributed by atoms with Crippen molar-refractivity contribution in [3.8, 4) is 11.5 Å². The predicted molar refractivity (Wildman–Crippen MR) is 83.0 cm³/mol. The summed E-state index contributed by atoms with van der Waals surface area (Å²) in [6.45, 7) is 2.61. The molecule has 0 aliphatic rings. The van der Waals surface area contributed by atoms with Crippen molar-refractivity contribution in [3.63, 3.8) is 0 Å². The summed E-state index contributed by atoms with van der Waals surface area (Å²) in [6, 6.07) is 5.45. The highest BCUT2D eigenvalue weighted by molar-refractivity contribution is 5.70. The van der Waals surface area contributed by atoms with Gasteiger partial charge in [0.2, 0.25) is 0 Å². The summed E-state index contributed by atoms with van der Waals surface area (Å²) in [6.07, 6.45) is 2.52. The normalized spacial score (nSPS) is 12.0. The third kappa shape index (κ3) is 5.91. The molecule has 0 aliphatic heterocycles. The third-order valence-electron chi connectivity index (χ3n) is 3.41. The molecule has 0 heterocycles. The van der Waals surface area contributed by atoms with Crippen molar-refractivity contribution in [1.82, 2.24) is 5.48 Å². The summed E-state index contributed by atoms with van der Waals surface area (Å²) in [5.41, 5.74) is 3.59. The lowest BCUT2D eigenvalue weighted by Crippen LogP contribution is -2.28. The molecule has 6 nitrogen and oxygen atoms in total. The molecular formula is C16H25NO5. The van der Waals surface area contributed by atoms with Gasteiger partial charge >= 0.3 is 5.97 Å². The molecule has 1 aromatic rings. The number of carboxylic acids is 1. The molecule has 0 saturated carbocycles. The van der Waals surface area contributed by atoms with Crippen LogP contribution < -0.4 is 15.0 Å². The minimum atomic E-state index is -0.799. The smallest absolute Gasteiger partial charge is 0.307 e. The van der Waals surface area contributed by atoms with E-state index in [-0.39, 0.29) is 13.2 Å². The van der Waals surface area contributed by atoms with Gasteiger partial charge in [-0.05, 0) is 18.6 Å². The minimum absolute atomic E-state index is 0.285. The maximum atomic E-state index is 11.1. The lowest BCUT2D eigenvalue weighted by Gasteiger charge is -2.14. The molecule has 0 radical (unpaired) electrons. The zero-order valence-electron chi connectivity index (χ0n) is 13.4. The topological polar surface area (TPSA) is 77.0 Å². The molecule has 0 spiro atoms. The fraction of sp³-hybridized carbons (Fsp3) is 0.562. The molecule has 0 aliphatic carbocycles. The average Bonchev–Trinajstić information content (AvgIpc) is 2.53. The van der Waals surface area contributed by atoms with Crippen molar-refractivity contribution < 1.29 is 24.2 Å². The van der Waals surface area contributed by atoms with Crippen LogP contribution in [0.3, 0.4) is 0 Å². The summed E-state index contributed by atoms with van der Waals surface area (Å²) < 4.78 is 10.4. The number of unbranched alkanes of at least 4 members (excludes halogenated alkanes) is 1. The Balaban J connectivity index is 2.44. The van der Waals surface area contributed by atoms with E-state index in [0.717, 1.165) is 18.4 Å². The Kier molecular flexibility index (Phi) is 8.32. The van der Waals surface area contributed by atoms with E-state index < -0.39 is 11.9 Å². The lowest BCUT2D eigenvalue weighted by molar-refractivity contribution is -0.143. The second kappa shape index (κ2) is 10.0. The number of ether oxygens (including phenoxy) is 2. The molecule has 1 rings (SSSR count). The number of methoxy groups -OCH3 is 2. The van der Waals surface area contributed by atoms with E-state index in [4.69, 9.17) is 19.4 Å². The standard InChI is InChI=1S/C16H25NO5/c1-4-5-6-12(16(18)19)10-17-22-11-13-7-8-14(20-2)9-15(13)21-3/h7-9,12,17H,4-6,10-11H2,1-3H3,(H,18,19)/t12-/m1/s1. The maximum absolute atomic E-state index is 11.1. The van der Waals surface area contributed by atoms with Gasteiger partial charge in [-0.1, -0.05) is 19.8 Å². The van der Waals surface area contributed by atoms with E-state index in [1.807, 2.05) is 19.1 Å². The molecule has 2 N–H and O–H groups in total. The van der Waals surface area contributed by atoms with Crippen LogP contribution in [0.25, 0.3) is 0 Å². The van der Waals surface area contributed by atoms with E-state index in [2.05, 4.69) is 5.48 Å². The molecule has 1 atom stereocenters. The van der Waals surface area contributed by atoms with Crippen LogP contribution in [-0.4, -0.2) is 31.8 Å². The second-order valence-corrected chi connectivity index (χ2v) is 4.99. The monoisotopic (exact) mass is 311 g/mol. The van der Waals surface area contributed by atoms with Crippen molar-refractivity contribution in [1.29, 1.82) is 0 Å². The fourth-order valence-corrected chi connectivity index (χ4v) is 2.02. The number of aliphatic carboxylic acids is 1. The Hall–Kier alpha value is -1.79. The Morgan fingerprint density at radius 1 is 1.32 bits per heavy atom.